The van der Waals surface area contributed by atoms with E-state index in [1.807, 2.05) is 24.3 Å². The zero-order chi connectivity index (χ0) is 22.6. The van der Waals surface area contributed by atoms with Gasteiger partial charge < -0.3 is 10.3 Å². The van der Waals surface area contributed by atoms with Crippen molar-refractivity contribution in [3.8, 4) is 45.0 Å². The predicted molar refractivity (Wildman–Crippen MR) is 139 cm³/mol. The second-order valence-corrected chi connectivity index (χ2v) is 8.19. The summed E-state index contributed by atoms with van der Waals surface area (Å²) < 4.78 is 2.38. The van der Waals surface area contributed by atoms with Crippen LogP contribution in [0.2, 0.25) is 0 Å². The Hall–Kier alpha value is -4.11. The highest BCUT2D eigenvalue weighted by molar-refractivity contribution is 5.87. The molecule has 0 aliphatic rings. The first-order valence-electron chi connectivity index (χ1n) is 11.4. The van der Waals surface area contributed by atoms with Crippen molar-refractivity contribution >= 4 is 5.69 Å². The predicted octanol–water partition coefficient (Wildman–Crippen LogP) is 7.54. The van der Waals surface area contributed by atoms with Gasteiger partial charge in [-0.05, 0) is 29.7 Å². The molecule has 0 saturated carbocycles. The topological polar surface area (TPSA) is 43.8 Å². The van der Waals surface area contributed by atoms with Gasteiger partial charge >= 0.3 is 0 Å². The average Bonchev–Trinajstić information content (AvgIpc) is 3.24. The van der Waals surface area contributed by atoms with Crippen LogP contribution in [-0.4, -0.2) is 9.55 Å². The Kier molecular flexibility index (Phi) is 5.77. The number of nitrogens with zero attached hydrogens (tertiary/aromatic N) is 2. The van der Waals surface area contributed by atoms with Crippen LogP contribution in [0.5, 0.6) is 0 Å². The normalized spacial score (nSPS) is 10.9. The highest BCUT2D eigenvalue weighted by Gasteiger charge is 2.22. The van der Waals surface area contributed by atoms with Gasteiger partial charge in [-0.25, -0.2) is 4.98 Å². The van der Waals surface area contributed by atoms with Gasteiger partial charge in [0, 0.05) is 28.9 Å². The number of aromatic nitrogens is 2. The monoisotopic (exact) mass is 429 g/mol. The van der Waals surface area contributed by atoms with Crippen LogP contribution in [0, 0.1) is 0 Å². The molecule has 4 aromatic carbocycles. The number of nitrogen functional groups attached to an aromatic ring is 1. The van der Waals surface area contributed by atoms with Gasteiger partial charge in [0.1, 0.15) is 5.82 Å². The lowest BCUT2D eigenvalue weighted by Crippen LogP contribution is -2.03. The van der Waals surface area contributed by atoms with Gasteiger partial charge in [0.25, 0.3) is 0 Å². The zero-order valence-corrected chi connectivity index (χ0v) is 18.8. The number of imidazole rings is 1. The lowest BCUT2D eigenvalue weighted by Gasteiger charge is -2.15. The highest BCUT2D eigenvalue weighted by atomic mass is 15.1. The van der Waals surface area contributed by atoms with E-state index in [9.17, 15) is 0 Å². The number of anilines is 1. The van der Waals surface area contributed by atoms with Gasteiger partial charge in [-0.1, -0.05) is 104 Å². The zero-order valence-electron chi connectivity index (χ0n) is 18.8. The molecule has 1 heterocycles. The first kappa shape index (κ1) is 20.8. The van der Waals surface area contributed by atoms with Crippen molar-refractivity contribution in [3.63, 3.8) is 0 Å². The summed E-state index contributed by atoms with van der Waals surface area (Å²) in [6.07, 6.45) is 1.01. The van der Waals surface area contributed by atoms with Crippen molar-refractivity contribution in [2.24, 2.45) is 0 Å². The van der Waals surface area contributed by atoms with Crippen molar-refractivity contribution in [2.75, 3.05) is 5.73 Å². The van der Waals surface area contributed by atoms with Gasteiger partial charge in [0.05, 0.1) is 11.4 Å². The van der Waals surface area contributed by atoms with Crippen LogP contribution in [0.25, 0.3) is 45.0 Å². The smallest absolute Gasteiger partial charge is 0.141 e. The number of nitrogens with two attached hydrogens (primary N) is 1. The maximum atomic E-state index is 6.12. The van der Waals surface area contributed by atoms with E-state index in [0.29, 0.717) is 0 Å². The van der Waals surface area contributed by atoms with Gasteiger partial charge in [-0.3, -0.25) is 0 Å². The molecule has 0 saturated heterocycles. The maximum absolute atomic E-state index is 6.12. The summed E-state index contributed by atoms with van der Waals surface area (Å²) in [4.78, 5) is 5.29. The average molecular weight is 430 g/mol. The summed E-state index contributed by atoms with van der Waals surface area (Å²) in [6, 6.07) is 37.6. The minimum absolute atomic E-state index is 0.758. The Morgan fingerprint density at radius 1 is 0.667 bits per heavy atom. The molecule has 33 heavy (non-hydrogen) atoms. The largest absolute Gasteiger partial charge is 0.399 e. The third-order valence-electron chi connectivity index (χ3n) is 5.87. The first-order valence-corrected chi connectivity index (χ1v) is 11.4. The van der Waals surface area contributed by atoms with Crippen LogP contribution in [0.4, 0.5) is 5.69 Å². The molecule has 5 rings (SSSR count). The molecule has 5 aromatic rings. The minimum Gasteiger partial charge on any atom is -0.399 e. The Labute approximate surface area is 195 Å². The van der Waals surface area contributed by atoms with E-state index in [2.05, 4.69) is 96.4 Å². The molecular formula is C30H27N3. The van der Waals surface area contributed by atoms with Crippen LogP contribution >= 0.6 is 0 Å². The Morgan fingerprint density at radius 2 is 1.27 bits per heavy atom. The van der Waals surface area contributed by atoms with Gasteiger partial charge in [0.15, 0.2) is 0 Å². The summed E-state index contributed by atoms with van der Waals surface area (Å²) >= 11 is 0. The van der Waals surface area contributed by atoms with Crippen molar-refractivity contribution < 1.29 is 0 Å². The van der Waals surface area contributed by atoms with Crippen LogP contribution < -0.4 is 5.73 Å². The van der Waals surface area contributed by atoms with Crippen LogP contribution in [-0.2, 0) is 6.54 Å². The van der Waals surface area contributed by atoms with Crippen LogP contribution in [0.1, 0.15) is 13.3 Å². The standard InChI is InChI=1S/C30H27N3/c1-2-20-33-29(23-14-7-4-8-15-23)28(22-12-5-3-6-13-22)32-30(33)27-19-10-9-18-26(27)24-16-11-17-25(31)21-24/h3-19,21H,2,20,31H2,1H3. The molecule has 0 bridgehead atoms. The Morgan fingerprint density at radius 3 is 1.94 bits per heavy atom. The van der Waals surface area contributed by atoms with E-state index in [4.69, 9.17) is 10.7 Å². The Balaban J connectivity index is 1.81. The molecular weight excluding hydrogens is 402 g/mol. The second-order valence-electron chi connectivity index (χ2n) is 8.19. The van der Waals surface area contributed by atoms with Crippen molar-refractivity contribution in [1.82, 2.24) is 9.55 Å². The lowest BCUT2D eigenvalue weighted by atomic mass is 9.98. The van der Waals surface area contributed by atoms with Crippen LogP contribution in [0.3, 0.4) is 0 Å². The molecule has 0 aliphatic carbocycles. The number of hydrogen-bond acceptors (Lipinski definition) is 2. The molecule has 0 aliphatic heterocycles. The van der Waals surface area contributed by atoms with E-state index in [1.165, 1.54) is 5.56 Å². The fourth-order valence-electron chi connectivity index (χ4n) is 4.42. The molecule has 162 valence electrons. The molecule has 0 unspecified atom stereocenters. The van der Waals surface area contributed by atoms with E-state index >= 15 is 0 Å². The summed E-state index contributed by atoms with van der Waals surface area (Å²) in [5.74, 6) is 0.979. The summed E-state index contributed by atoms with van der Waals surface area (Å²) in [6.45, 7) is 3.09. The highest BCUT2D eigenvalue weighted by Crippen LogP contribution is 2.39. The molecule has 0 radical (unpaired) electrons. The van der Waals surface area contributed by atoms with E-state index in [1.54, 1.807) is 0 Å². The molecule has 0 fully saturated rings. The van der Waals surface area contributed by atoms with Crippen LogP contribution in [0.15, 0.2) is 109 Å². The number of hydrogen-bond donors (Lipinski definition) is 1. The molecule has 0 amide bonds. The summed E-state index contributed by atoms with van der Waals surface area (Å²) in [5, 5.41) is 0. The number of rotatable bonds is 6. The molecule has 3 heteroatoms. The van der Waals surface area contributed by atoms with E-state index < -0.39 is 0 Å². The van der Waals surface area contributed by atoms with E-state index in [0.717, 1.165) is 58.1 Å². The molecule has 3 nitrogen and oxygen atoms in total. The maximum Gasteiger partial charge on any atom is 0.141 e. The Bertz CT molecular complexity index is 1370. The fraction of sp³-hybridized carbons (Fsp3) is 0.100. The summed E-state index contributed by atoms with van der Waals surface area (Å²) in [5.41, 5.74) is 14.7. The quantitative estimate of drug-likeness (QED) is 0.283. The van der Waals surface area contributed by atoms with E-state index in [-0.39, 0.29) is 0 Å². The van der Waals surface area contributed by atoms with Gasteiger partial charge in [0.2, 0.25) is 0 Å². The van der Waals surface area contributed by atoms with Crippen molar-refractivity contribution in [2.45, 2.75) is 19.9 Å². The summed E-state index contributed by atoms with van der Waals surface area (Å²) in [7, 11) is 0. The second kappa shape index (κ2) is 9.17. The fourth-order valence-corrected chi connectivity index (χ4v) is 4.42. The third kappa shape index (κ3) is 4.06. The molecule has 1 aromatic heterocycles. The lowest BCUT2D eigenvalue weighted by molar-refractivity contribution is 0.691. The molecule has 0 atom stereocenters. The SMILES string of the molecule is CCCn1c(-c2ccccc2-c2cccc(N)c2)nc(-c2ccccc2)c1-c1ccccc1. The van der Waals surface area contributed by atoms with Gasteiger partial charge in [-0.15, -0.1) is 0 Å². The van der Waals surface area contributed by atoms with Crippen molar-refractivity contribution in [3.05, 3.63) is 109 Å². The number of benzene rings is 4. The molecule has 0 spiro atoms. The minimum atomic E-state index is 0.758. The van der Waals surface area contributed by atoms with Gasteiger partial charge in [-0.2, -0.15) is 0 Å². The third-order valence-corrected chi connectivity index (χ3v) is 5.87. The van der Waals surface area contributed by atoms with Crippen molar-refractivity contribution in [1.29, 1.82) is 0 Å². The first-order chi connectivity index (χ1) is 16.3. The molecule has 2 N–H and O–H groups in total.